The molecule has 0 radical (unpaired) electrons. The van der Waals surface area contributed by atoms with E-state index in [2.05, 4.69) is 37.2 Å². The molecule has 1 aliphatic heterocycles. The zero-order chi connectivity index (χ0) is 11.3. The second-order valence-corrected chi connectivity index (χ2v) is 5.74. The number of nitrogens with zero attached hydrogens (tertiary/aromatic N) is 1. The van der Waals surface area contributed by atoms with Crippen molar-refractivity contribution in [2.24, 2.45) is 0 Å². The molecular formula is C12H26N2S. The van der Waals surface area contributed by atoms with Crippen LogP contribution in [0.3, 0.4) is 0 Å². The Balaban J connectivity index is 2.53. The first-order valence-electron chi connectivity index (χ1n) is 6.13. The van der Waals surface area contributed by atoms with Gasteiger partial charge in [-0.15, -0.1) is 0 Å². The summed E-state index contributed by atoms with van der Waals surface area (Å²) >= 11 is 1.97. The van der Waals surface area contributed by atoms with E-state index in [1.807, 2.05) is 11.8 Å². The predicted octanol–water partition coefficient (Wildman–Crippen LogP) is 2.20. The van der Waals surface area contributed by atoms with Crippen molar-refractivity contribution in [3.05, 3.63) is 0 Å². The molecule has 2 nitrogen and oxygen atoms in total. The van der Waals surface area contributed by atoms with E-state index < -0.39 is 0 Å². The summed E-state index contributed by atoms with van der Waals surface area (Å²) in [4.78, 5) is 2.68. The molecule has 90 valence electrons. The van der Waals surface area contributed by atoms with E-state index in [4.69, 9.17) is 0 Å². The fourth-order valence-electron chi connectivity index (χ4n) is 2.31. The summed E-state index contributed by atoms with van der Waals surface area (Å²) in [5.74, 6) is 1.27. The number of hydrogen-bond acceptors (Lipinski definition) is 3. The van der Waals surface area contributed by atoms with Crippen LogP contribution in [-0.4, -0.2) is 48.1 Å². The largest absolute Gasteiger partial charge is 0.309 e. The topological polar surface area (TPSA) is 15.3 Å². The monoisotopic (exact) mass is 230 g/mol. The van der Waals surface area contributed by atoms with Gasteiger partial charge in [0, 0.05) is 37.0 Å². The molecule has 1 saturated heterocycles. The van der Waals surface area contributed by atoms with Crippen LogP contribution >= 0.6 is 11.8 Å². The second-order valence-electron chi connectivity index (χ2n) is 4.83. The van der Waals surface area contributed by atoms with Gasteiger partial charge in [0.1, 0.15) is 0 Å². The maximum atomic E-state index is 3.65. The number of nitrogens with one attached hydrogen (secondary N) is 1. The summed E-state index contributed by atoms with van der Waals surface area (Å²) in [6, 6.07) is 0.771. The lowest BCUT2D eigenvalue weighted by atomic mass is 9.95. The van der Waals surface area contributed by atoms with Gasteiger partial charge in [-0.05, 0) is 26.0 Å². The highest BCUT2D eigenvalue weighted by Gasteiger charge is 2.31. The number of piperazine rings is 1. The van der Waals surface area contributed by atoms with Crippen LogP contribution in [0.1, 0.15) is 33.6 Å². The third kappa shape index (κ3) is 3.65. The second kappa shape index (κ2) is 6.12. The van der Waals surface area contributed by atoms with Crippen molar-refractivity contribution in [3.8, 4) is 0 Å². The lowest BCUT2D eigenvalue weighted by molar-refractivity contribution is 0.105. The Morgan fingerprint density at radius 2 is 2.20 bits per heavy atom. The highest BCUT2D eigenvalue weighted by molar-refractivity contribution is 7.98. The lowest BCUT2D eigenvalue weighted by Gasteiger charge is -2.44. The van der Waals surface area contributed by atoms with E-state index in [9.17, 15) is 0 Å². The number of hydrogen-bond donors (Lipinski definition) is 1. The smallest absolute Gasteiger partial charge is 0.0278 e. The molecule has 0 spiro atoms. The maximum absolute atomic E-state index is 3.65. The Kier molecular flexibility index (Phi) is 5.44. The first-order valence-corrected chi connectivity index (χ1v) is 7.52. The molecule has 0 aliphatic carbocycles. The molecule has 0 aromatic rings. The molecule has 0 aromatic heterocycles. The molecule has 0 aromatic carbocycles. The van der Waals surface area contributed by atoms with Gasteiger partial charge in [-0.2, -0.15) is 11.8 Å². The lowest BCUT2D eigenvalue weighted by Crippen LogP contribution is -2.60. The quantitative estimate of drug-likeness (QED) is 0.779. The van der Waals surface area contributed by atoms with Gasteiger partial charge in [0.15, 0.2) is 0 Å². The van der Waals surface area contributed by atoms with Crippen LogP contribution in [0.25, 0.3) is 0 Å². The van der Waals surface area contributed by atoms with Crippen LogP contribution in [0.4, 0.5) is 0 Å². The Morgan fingerprint density at radius 3 is 2.73 bits per heavy atom. The standard InChI is InChI=1S/C12H26N2S/c1-5-11(9-15-4)14-8-7-13-12(3,6-2)10-14/h11,13H,5-10H2,1-4H3. The van der Waals surface area contributed by atoms with Gasteiger partial charge in [0.05, 0.1) is 0 Å². The van der Waals surface area contributed by atoms with Gasteiger partial charge in [-0.25, -0.2) is 0 Å². The van der Waals surface area contributed by atoms with Gasteiger partial charge in [0.25, 0.3) is 0 Å². The van der Waals surface area contributed by atoms with E-state index in [-0.39, 0.29) is 0 Å². The van der Waals surface area contributed by atoms with Gasteiger partial charge in [-0.1, -0.05) is 13.8 Å². The van der Waals surface area contributed by atoms with Crippen molar-refractivity contribution in [2.45, 2.75) is 45.2 Å². The van der Waals surface area contributed by atoms with Crippen LogP contribution in [0, 0.1) is 0 Å². The fraction of sp³-hybridized carbons (Fsp3) is 1.00. The predicted molar refractivity (Wildman–Crippen MR) is 70.7 cm³/mol. The molecule has 0 saturated carbocycles. The molecule has 3 heteroatoms. The Labute approximate surface area is 99.2 Å². The van der Waals surface area contributed by atoms with Crippen molar-refractivity contribution in [1.82, 2.24) is 10.2 Å². The van der Waals surface area contributed by atoms with Crippen LogP contribution in [0.15, 0.2) is 0 Å². The van der Waals surface area contributed by atoms with Gasteiger partial charge < -0.3 is 5.32 Å². The van der Waals surface area contributed by atoms with Crippen LogP contribution in [0.5, 0.6) is 0 Å². The minimum Gasteiger partial charge on any atom is -0.309 e. The van der Waals surface area contributed by atoms with E-state index in [1.165, 1.54) is 31.7 Å². The molecule has 1 rings (SSSR count). The van der Waals surface area contributed by atoms with Crippen LogP contribution in [0.2, 0.25) is 0 Å². The molecule has 0 bridgehead atoms. The molecule has 1 aliphatic rings. The molecule has 2 atom stereocenters. The van der Waals surface area contributed by atoms with Gasteiger partial charge in [-0.3, -0.25) is 4.90 Å². The Morgan fingerprint density at radius 1 is 1.47 bits per heavy atom. The van der Waals surface area contributed by atoms with E-state index in [0.29, 0.717) is 5.54 Å². The molecule has 1 N–H and O–H groups in total. The molecular weight excluding hydrogens is 204 g/mol. The highest BCUT2D eigenvalue weighted by atomic mass is 32.2. The Hall–Kier alpha value is 0.270. The molecule has 0 amide bonds. The molecule has 15 heavy (non-hydrogen) atoms. The molecule has 1 fully saturated rings. The third-order valence-corrected chi connectivity index (χ3v) is 4.35. The summed E-state index contributed by atoms with van der Waals surface area (Å²) in [6.07, 6.45) is 4.71. The third-order valence-electron chi connectivity index (χ3n) is 3.63. The average molecular weight is 230 g/mol. The van der Waals surface area contributed by atoms with E-state index >= 15 is 0 Å². The van der Waals surface area contributed by atoms with Crippen molar-refractivity contribution in [2.75, 3.05) is 31.6 Å². The molecule has 1 heterocycles. The summed E-state index contributed by atoms with van der Waals surface area (Å²) < 4.78 is 0. The first kappa shape index (κ1) is 13.3. The van der Waals surface area contributed by atoms with Crippen molar-refractivity contribution >= 4 is 11.8 Å². The Bertz CT molecular complexity index is 186. The summed E-state index contributed by atoms with van der Waals surface area (Å²) in [5, 5.41) is 3.65. The SMILES string of the molecule is CCC(CSC)N1CCNC(C)(CC)C1. The average Bonchev–Trinajstić information content (AvgIpc) is 2.26. The minimum absolute atomic E-state index is 0.337. The fourth-order valence-corrected chi connectivity index (χ4v) is 3.14. The van der Waals surface area contributed by atoms with Crippen LogP contribution < -0.4 is 5.32 Å². The van der Waals surface area contributed by atoms with Crippen LogP contribution in [-0.2, 0) is 0 Å². The van der Waals surface area contributed by atoms with Crippen molar-refractivity contribution in [3.63, 3.8) is 0 Å². The van der Waals surface area contributed by atoms with E-state index in [0.717, 1.165) is 12.6 Å². The first-order chi connectivity index (χ1) is 7.15. The zero-order valence-corrected chi connectivity index (χ0v) is 11.5. The maximum Gasteiger partial charge on any atom is 0.0278 e. The van der Waals surface area contributed by atoms with Crippen molar-refractivity contribution in [1.29, 1.82) is 0 Å². The normalized spacial score (nSPS) is 30.4. The van der Waals surface area contributed by atoms with E-state index in [1.54, 1.807) is 0 Å². The zero-order valence-electron chi connectivity index (χ0n) is 10.7. The number of rotatable bonds is 5. The van der Waals surface area contributed by atoms with Crippen molar-refractivity contribution < 1.29 is 0 Å². The summed E-state index contributed by atoms with van der Waals surface area (Å²) in [7, 11) is 0. The highest BCUT2D eigenvalue weighted by Crippen LogP contribution is 2.19. The summed E-state index contributed by atoms with van der Waals surface area (Å²) in [5.41, 5.74) is 0.337. The van der Waals surface area contributed by atoms with Gasteiger partial charge >= 0.3 is 0 Å². The molecule has 2 unspecified atom stereocenters. The van der Waals surface area contributed by atoms with Gasteiger partial charge in [0.2, 0.25) is 0 Å². The summed E-state index contributed by atoms with van der Waals surface area (Å²) in [6.45, 7) is 10.5. The minimum atomic E-state index is 0.337. The number of thioether (sulfide) groups is 1.